The average molecular weight is 407 g/mol. The Labute approximate surface area is 162 Å². The maximum absolute atomic E-state index is 13.8. The zero-order chi connectivity index (χ0) is 21.1. The Morgan fingerprint density at radius 1 is 1.18 bits per heavy atom. The molecule has 2 aromatic rings. The molecule has 1 N–H and O–H groups in total. The minimum atomic E-state index is -3.93. The van der Waals surface area contributed by atoms with E-state index in [1.54, 1.807) is 19.1 Å². The number of likely N-dealkylation sites (N-methyl/N-ethyl adjacent to an activating group) is 1. The van der Waals surface area contributed by atoms with Gasteiger partial charge in [0.25, 0.3) is 0 Å². The lowest BCUT2D eigenvalue weighted by atomic mass is 10.1. The highest BCUT2D eigenvalue weighted by Gasteiger charge is 2.25. The third-order valence-electron chi connectivity index (χ3n) is 4.26. The Bertz CT molecular complexity index is 1050. The van der Waals surface area contributed by atoms with Crippen molar-refractivity contribution in [3.05, 3.63) is 64.7 Å². The number of nitrogens with one attached hydrogen (secondary N) is 1. The predicted octanol–water partition coefficient (Wildman–Crippen LogP) is 2.58. The van der Waals surface area contributed by atoms with Gasteiger partial charge in [-0.25, -0.2) is 17.2 Å². The van der Waals surface area contributed by atoms with E-state index in [1.807, 2.05) is 6.92 Å². The molecular weight excluding hydrogens is 388 g/mol. The van der Waals surface area contributed by atoms with Gasteiger partial charge >= 0.3 is 0 Å². The second-order valence-corrected chi connectivity index (χ2v) is 8.35. The standard InChI is InChI=1S/C19H19F2N3O3S/c1-12-4-6-15(8-13(12)2)28(26,27)24(3)11-19(25)23-18(10-22)16-7-5-14(20)9-17(16)21/h4-9,18H,11H2,1-3H3,(H,23,25). The Morgan fingerprint density at radius 3 is 2.43 bits per heavy atom. The van der Waals surface area contributed by atoms with Crippen LogP contribution in [-0.2, 0) is 14.8 Å². The molecule has 9 heteroatoms. The highest BCUT2D eigenvalue weighted by Crippen LogP contribution is 2.19. The van der Waals surface area contributed by atoms with Gasteiger partial charge < -0.3 is 5.32 Å². The zero-order valence-corrected chi connectivity index (χ0v) is 16.3. The number of amides is 1. The van der Waals surface area contributed by atoms with Crippen molar-refractivity contribution in [3.63, 3.8) is 0 Å². The number of hydrogen-bond acceptors (Lipinski definition) is 4. The molecule has 1 atom stereocenters. The van der Waals surface area contributed by atoms with E-state index in [1.165, 1.54) is 19.2 Å². The first-order valence-corrected chi connectivity index (χ1v) is 9.67. The fourth-order valence-electron chi connectivity index (χ4n) is 2.46. The summed E-state index contributed by atoms with van der Waals surface area (Å²) in [5.74, 6) is -2.60. The Kier molecular flexibility index (Phi) is 6.48. The van der Waals surface area contributed by atoms with Crippen molar-refractivity contribution in [2.24, 2.45) is 0 Å². The molecule has 0 bridgehead atoms. The molecule has 0 radical (unpaired) electrons. The average Bonchev–Trinajstić information content (AvgIpc) is 2.62. The first-order valence-electron chi connectivity index (χ1n) is 8.23. The van der Waals surface area contributed by atoms with Gasteiger partial charge in [-0.2, -0.15) is 9.57 Å². The number of nitrogens with zero attached hydrogens (tertiary/aromatic N) is 2. The number of sulfonamides is 1. The molecule has 0 saturated carbocycles. The minimum Gasteiger partial charge on any atom is -0.335 e. The predicted molar refractivity (Wildman–Crippen MR) is 98.6 cm³/mol. The molecule has 0 aliphatic heterocycles. The van der Waals surface area contributed by atoms with Crippen LogP contribution < -0.4 is 5.32 Å². The van der Waals surface area contributed by atoms with E-state index in [0.717, 1.165) is 27.6 Å². The van der Waals surface area contributed by atoms with Crippen LogP contribution in [0.5, 0.6) is 0 Å². The van der Waals surface area contributed by atoms with Gasteiger partial charge in [0, 0.05) is 18.7 Å². The van der Waals surface area contributed by atoms with Crippen LogP contribution in [0.1, 0.15) is 22.7 Å². The maximum atomic E-state index is 13.8. The monoisotopic (exact) mass is 407 g/mol. The molecule has 1 amide bonds. The summed E-state index contributed by atoms with van der Waals surface area (Å²) < 4.78 is 52.9. The first-order chi connectivity index (χ1) is 13.1. The second-order valence-electron chi connectivity index (χ2n) is 6.30. The van der Waals surface area contributed by atoms with E-state index >= 15 is 0 Å². The summed E-state index contributed by atoms with van der Waals surface area (Å²) in [4.78, 5) is 12.2. The highest BCUT2D eigenvalue weighted by molar-refractivity contribution is 7.89. The van der Waals surface area contributed by atoms with Crippen LogP contribution in [0.3, 0.4) is 0 Å². The molecule has 2 aromatic carbocycles. The molecule has 0 saturated heterocycles. The lowest BCUT2D eigenvalue weighted by molar-refractivity contribution is -0.121. The number of nitriles is 1. The maximum Gasteiger partial charge on any atom is 0.243 e. The van der Waals surface area contributed by atoms with Crippen molar-refractivity contribution in [3.8, 4) is 6.07 Å². The van der Waals surface area contributed by atoms with Gasteiger partial charge in [0.2, 0.25) is 15.9 Å². The van der Waals surface area contributed by atoms with Crippen LogP contribution in [0.4, 0.5) is 8.78 Å². The lowest BCUT2D eigenvalue weighted by Gasteiger charge is -2.19. The summed E-state index contributed by atoms with van der Waals surface area (Å²) in [6.07, 6.45) is 0. The van der Waals surface area contributed by atoms with Crippen LogP contribution >= 0.6 is 0 Å². The van der Waals surface area contributed by atoms with E-state index in [2.05, 4.69) is 5.32 Å². The quantitative estimate of drug-likeness (QED) is 0.797. The van der Waals surface area contributed by atoms with Gasteiger partial charge in [0.15, 0.2) is 0 Å². The molecule has 0 aromatic heterocycles. The molecule has 0 heterocycles. The van der Waals surface area contributed by atoms with Gasteiger partial charge in [0.1, 0.15) is 17.7 Å². The molecule has 148 valence electrons. The number of hydrogen-bond donors (Lipinski definition) is 1. The van der Waals surface area contributed by atoms with Crippen molar-refractivity contribution in [1.29, 1.82) is 5.26 Å². The topological polar surface area (TPSA) is 90.3 Å². The number of benzene rings is 2. The van der Waals surface area contributed by atoms with Crippen molar-refractivity contribution >= 4 is 15.9 Å². The molecular formula is C19H19F2N3O3S. The molecule has 1 unspecified atom stereocenters. The van der Waals surface area contributed by atoms with Gasteiger partial charge in [-0.05, 0) is 43.2 Å². The van der Waals surface area contributed by atoms with E-state index in [4.69, 9.17) is 0 Å². The molecule has 0 fully saturated rings. The summed E-state index contributed by atoms with van der Waals surface area (Å²) in [6, 6.07) is 7.55. The van der Waals surface area contributed by atoms with Crippen molar-refractivity contribution < 1.29 is 22.0 Å². The van der Waals surface area contributed by atoms with E-state index in [9.17, 15) is 27.3 Å². The SMILES string of the molecule is Cc1ccc(S(=O)(=O)N(C)CC(=O)NC(C#N)c2ccc(F)cc2F)cc1C. The zero-order valence-electron chi connectivity index (χ0n) is 15.5. The summed E-state index contributed by atoms with van der Waals surface area (Å²) in [7, 11) is -2.70. The third-order valence-corrected chi connectivity index (χ3v) is 6.06. The Balaban J connectivity index is 2.14. The molecule has 0 aliphatic rings. The Hall–Kier alpha value is -2.83. The smallest absolute Gasteiger partial charge is 0.243 e. The van der Waals surface area contributed by atoms with E-state index in [-0.39, 0.29) is 10.5 Å². The van der Waals surface area contributed by atoms with Crippen LogP contribution in [-0.4, -0.2) is 32.2 Å². The number of carbonyl (C=O) groups is 1. The summed E-state index contributed by atoms with van der Waals surface area (Å²) in [6.45, 7) is 3.05. The largest absolute Gasteiger partial charge is 0.335 e. The fourth-order valence-corrected chi connectivity index (χ4v) is 3.68. The summed E-state index contributed by atoms with van der Waals surface area (Å²) >= 11 is 0. The second kappa shape index (κ2) is 8.46. The van der Waals surface area contributed by atoms with Crippen molar-refractivity contribution in [1.82, 2.24) is 9.62 Å². The van der Waals surface area contributed by atoms with Gasteiger partial charge in [0.05, 0.1) is 17.5 Å². The van der Waals surface area contributed by atoms with E-state index < -0.39 is 40.2 Å². The minimum absolute atomic E-state index is 0.0345. The van der Waals surface area contributed by atoms with Gasteiger partial charge in [-0.15, -0.1) is 0 Å². The van der Waals surface area contributed by atoms with Crippen LogP contribution in [0, 0.1) is 36.8 Å². The molecule has 0 spiro atoms. The Morgan fingerprint density at radius 2 is 1.86 bits per heavy atom. The highest BCUT2D eigenvalue weighted by atomic mass is 32.2. The molecule has 2 rings (SSSR count). The van der Waals surface area contributed by atoms with Crippen LogP contribution in [0.2, 0.25) is 0 Å². The first kappa shape index (κ1) is 21.5. The third kappa shape index (κ3) is 4.71. The normalized spacial score (nSPS) is 12.5. The van der Waals surface area contributed by atoms with Crippen molar-refractivity contribution in [2.45, 2.75) is 24.8 Å². The van der Waals surface area contributed by atoms with Crippen LogP contribution in [0.25, 0.3) is 0 Å². The molecule has 6 nitrogen and oxygen atoms in total. The summed E-state index contributed by atoms with van der Waals surface area (Å²) in [5.41, 5.74) is 1.50. The number of rotatable bonds is 6. The fraction of sp³-hybridized carbons (Fsp3) is 0.263. The van der Waals surface area contributed by atoms with Gasteiger partial charge in [-0.1, -0.05) is 12.1 Å². The number of aryl methyl sites for hydroxylation is 2. The van der Waals surface area contributed by atoms with Crippen molar-refractivity contribution in [2.75, 3.05) is 13.6 Å². The van der Waals surface area contributed by atoms with Crippen LogP contribution in [0.15, 0.2) is 41.3 Å². The molecule has 0 aliphatic carbocycles. The lowest BCUT2D eigenvalue weighted by Crippen LogP contribution is -2.39. The van der Waals surface area contributed by atoms with Gasteiger partial charge in [-0.3, -0.25) is 4.79 Å². The molecule has 28 heavy (non-hydrogen) atoms. The summed E-state index contributed by atoms with van der Waals surface area (Å²) in [5, 5.41) is 11.4. The number of halogens is 2. The number of carbonyl (C=O) groups excluding carboxylic acids is 1. The van der Waals surface area contributed by atoms with E-state index in [0.29, 0.717) is 6.07 Å².